The summed E-state index contributed by atoms with van der Waals surface area (Å²) < 4.78 is 7.74. The van der Waals surface area contributed by atoms with E-state index in [1.165, 1.54) is 22.3 Å². The molecule has 4 heterocycles. The minimum absolute atomic E-state index is 0.751. The van der Waals surface area contributed by atoms with Crippen molar-refractivity contribution < 1.29 is 4.52 Å². The molecule has 0 saturated carbocycles. The van der Waals surface area contributed by atoms with Crippen LogP contribution in [0.25, 0.3) is 39.6 Å². The third-order valence-electron chi connectivity index (χ3n) is 6.00. The van der Waals surface area contributed by atoms with Crippen LogP contribution in [-0.4, -0.2) is 33.0 Å². The summed E-state index contributed by atoms with van der Waals surface area (Å²) in [6.45, 7) is 4.65. The van der Waals surface area contributed by atoms with Crippen molar-refractivity contribution in [3.05, 3.63) is 71.5 Å². The van der Waals surface area contributed by atoms with Crippen molar-refractivity contribution >= 4 is 5.57 Å². The number of nitrogens with zero attached hydrogens (tertiary/aromatic N) is 4. The van der Waals surface area contributed by atoms with Crippen molar-refractivity contribution in [2.24, 2.45) is 0 Å². The Morgan fingerprint density at radius 2 is 1.87 bits per heavy atom. The highest BCUT2D eigenvalue weighted by molar-refractivity contribution is 5.81. The zero-order valence-corrected chi connectivity index (χ0v) is 16.7. The predicted octanol–water partition coefficient (Wildman–Crippen LogP) is 4.31. The second-order valence-electron chi connectivity index (χ2n) is 7.82. The Kier molecular flexibility index (Phi) is 3.92. The van der Waals surface area contributed by atoms with Gasteiger partial charge in [-0.15, -0.1) is 10.2 Å². The van der Waals surface area contributed by atoms with E-state index < -0.39 is 0 Å². The molecule has 0 saturated heterocycles. The fraction of sp³-hybridized carbons (Fsp3) is 0.208. The van der Waals surface area contributed by atoms with E-state index in [4.69, 9.17) is 4.52 Å². The van der Waals surface area contributed by atoms with Crippen LogP contribution in [0.4, 0.5) is 0 Å². The summed E-state index contributed by atoms with van der Waals surface area (Å²) in [5.41, 5.74) is 7.84. The summed E-state index contributed by atoms with van der Waals surface area (Å²) in [4.78, 5) is 0. The summed E-state index contributed by atoms with van der Waals surface area (Å²) >= 11 is 0. The quantitative estimate of drug-likeness (QED) is 0.493. The molecule has 0 amide bonds. The van der Waals surface area contributed by atoms with Crippen LogP contribution >= 0.6 is 0 Å². The number of aromatic nitrogens is 4. The van der Waals surface area contributed by atoms with Crippen molar-refractivity contribution in [1.29, 1.82) is 0 Å². The number of hydrogen-bond acceptors (Lipinski definition) is 5. The Balaban J connectivity index is 1.45. The first-order valence-corrected chi connectivity index (χ1v) is 10.3. The standard InChI is InChI=1S/C24H21N5O/c1-15-21(22(28-30-15)17-5-3-2-4-6-17)24-27-26-23-20-13-18(16-9-11-25-12-10-16)7-8-19(20)14-29(23)24/h2-9,13,25H,10-12,14H2,1H3. The van der Waals surface area contributed by atoms with Crippen LogP contribution in [0.5, 0.6) is 0 Å². The second-order valence-corrected chi connectivity index (χ2v) is 7.82. The summed E-state index contributed by atoms with van der Waals surface area (Å²) in [5.74, 6) is 2.47. The van der Waals surface area contributed by atoms with Gasteiger partial charge in [0.1, 0.15) is 11.5 Å². The van der Waals surface area contributed by atoms with E-state index in [-0.39, 0.29) is 0 Å². The van der Waals surface area contributed by atoms with Gasteiger partial charge in [-0.25, -0.2) is 0 Å². The molecule has 2 aliphatic rings. The van der Waals surface area contributed by atoms with Gasteiger partial charge in [0.2, 0.25) is 0 Å². The molecule has 4 aromatic rings. The molecule has 0 radical (unpaired) electrons. The fourth-order valence-electron chi connectivity index (χ4n) is 4.44. The molecule has 0 aliphatic carbocycles. The SMILES string of the molecule is Cc1onc(-c2ccccc2)c1-c1nnc2n1Cc1ccc(C3=CCNCC3)cc1-2. The zero-order valence-electron chi connectivity index (χ0n) is 16.7. The average Bonchev–Trinajstić information content (AvgIpc) is 3.48. The van der Waals surface area contributed by atoms with E-state index in [1.807, 2.05) is 37.3 Å². The normalized spacial score (nSPS) is 15.0. The van der Waals surface area contributed by atoms with Crippen LogP contribution in [0.1, 0.15) is 23.3 Å². The maximum absolute atomic E-state index is 5.56. The van der Waals surface area contributed by atoms with Crippen LogP contribution in [0.2, 0.25) is 0 Å². The van der Waals surface area contributed by atoms with Crippen molar-refractivity contribution in [3.63, 3.8) is 0 Å². The maximum atomic E-state index is 5.56. The van der Waals surface area contributed by atoms with Gasteiger partial charge in [-0.05, 0) is 42.7 Å². The van der Waals surface area contributed by atoms with Crippen molar-refractivity contribution in [2.45, 2.75) is 19.9 Å². The highest BCUT2D eigenvalue weighted by Gasteiger charge is 2.29. The van der Waals surface area contributed by atoms with E-state index in [0.29, 0.717) is 0 Å². The minimum Gasteiger partial charge on any atom is -0.360 e. The van der Waals surface area contributed by atoms with Crippen LogP contribution in [-0.2, 0) is 6.54 Å². The Bertz CT molecular complexity index is 1280. The van der Waals surface area contributed by atoms with E-state index in [2.05, 4.69) is 49.5 Å². The van der Waals surface area contributed by atoms with Gasteiger partial charge in [-0.3, -0.25) is 0 Å². The topological polar surface area (TPSA) is 68.8 Å². The maximum Gasteiger partial charge on any atom is 0.170 e. The molecule has 2 aliphatic heterocycles. The molecule has 6 heteroatoms. The Hall–Kier alpha value is -3.51. The second kappa shape index (κ2) is 6.78. The summed E-state index contributed by atoms with van der Waals surface area (Å²) in [6.07, 6.45) is 3.33. The molecule has 0 fully saturated rings. The number of benzene rings is 2. The largest absolute Gasteiger partial charge is 0.360 e. The number of nitrogens with one attached hydrogen (secondary N) is 1. The van der Waals surface area contributed by atoms with Gasteiger partial charge in [0.05, 0.1) is 12.1 Å². The lowest BCUT2D eigenvalue weighted by Gasteiger charge is -2.14. The first-order chi connectivity index (χ1) is 14.8. The number of aryl methyl sites for hydroxylation is 1. The first kappa shape index (κ1) is 17.4. The lowest BCUT2D eigenvalue weighted by molar-refractivity contribution is 0.400. The first-order valence-electron chi connectivity index (χ1n) is 10.3. The molecule has 6 nitrogen and oxygen atoms in total. The summed E-state index contributed by atoms with van der Waals surface area (Å²) in [6, 6.07) is 16.8. The molecule has 0 unspecified atom stereocenters. The van der Waals surface area contributed by atoms with Crippen LogP contribution in [0.3, 0.4) is 0 Å². The molecule has 0 bridgehead atoms. The zero-order chi connectivity index (χ0) is 20.1. The lowest BCUT2D eigenvalue weighted by Crippen LogP contribution is -2.20. The van der Waals surface area contributed by atoms with Gasteiger partial charge < -0.3 is 14.4 Å². The number of rotatable bonds is 3. The van der Waals surface area contributed by atoms with Crippen LogP contribution in [0, 0.1) is 6.92 Å². The third-order valence-corrected chi connectivity index (χ3v) is 6.00. The van der Waals surface area contributed by atoms with Gasteiger partial charge in [-0.2, -0.15) is 0 Å². The fourth-order valence-corrected chi connectivity index (χ4v) is 4.44. The van der Waals surface area contributed by atoms with Gasteiger partial charge in [0, 0.05) is 17.7 Å². The molecule has 2 aromatic heterocycles. The van der Waals surface area contributed by atoms with Gasteiger partial charge in [0.15, 0.2) is 11.6 Å². The molecule has 0 spiro atoms. The van der Waals surface area contributed by atoms with E-state index in [0.717, 1.165) is 60.3 Å². The van der Waals surface area contributed by atoms with Crippen molar-refractivity contribution in [3.8, 4) is 34.0 Å². The highest BCUT2D eigenvalue weighted by Crippen LogP contribution is 2.39. The van der Waals surface area contributed by atoms with Crippen molar-refractivity contribution in [2.75, 3.05) is 13.1 Å². The summed E-state index contributed by atoms with van der Waals surface area (Å²) in [7, 11) is 0. The molecule has 0 atom stereocenters. The highest BCUT2D eigenvalue weighted by atomic mass is 16.5. The molecular weight excluding hydrogens is 374 g/mol. The molecule has 2 aromatic carbocycles. The van der Waals surface area contributed by atoms with Crippen LogP contribution < -0.4 is 5.32 Å². The molecule has 30 heavy (non-hydrogen) atoms. The summed E-state index contributed by atoms with van der Waals surface area (Å²) in [5, 5.41) is 16.8. The van der Waals surface area contributed by atoms with Gasteiger partial charge in [0.25, 0.3) is 0 Å². The predicted molar refractivity (Wildman–Crippen MR) is 116 cm³/mol. The Morgan fingerprint density at radius 1 is 1.00 bits per heavy atom. The van der Waals surface area contributed by atoms with Crippen LogP contribution in [0.15, 0.2) is 59.1 Å². The van der Waals surface area contributed by atoms with Crippen molar-refractivity contribution in [1.82, 2.24) is 25.2 Å². The molecule has 148 valence electrons. The molecule has 6 rings (SSSR count). The smallest absolute Gasteiger partial charge is 0.170 e. The Labute approximate surface area is 174 Å². The monoisotopic (exact) mass is 395 g/mol. The average molecular weight is 395 g/mol. The molecular formula is C24H21N5O. The Morgan fingerprint density at radius 3 is 2.70 bits per heavy atom. The third kappa shape index (κ3) is 2.64. The number of fused-ring (bicyclic) bond motifs is 3. The van der Waals surface area contributed by atoms with Gasteiger partial charge >= 0.3 is 0 Å². The van der Waals surface area contributed by atoms with Gasteiger partial charge in [-0.1, -0.05) is 53.7 Å². The minimum atomic E-state index is 0.751. The van der Waals surface area contributed by atoms with E-state index in [9.17, 15) is 0 Å². The molecule has 1 N–H and O–H groups in total. The van der Waals surface area contributed by atoms with E-state index >= 15 is 0 Å². The van der Waals surface area contributed by atoms with E-state index in [1.54, 1.807) is 0 Å². The number of hydrogen-bond donors (Lipinski definition) is 1. The lowest BCUT2D eigenvalue weighted by atomic mass is 9.96.